The Morgan fingerprint density at radius 2 is 1.81 bits per heavy atom. The Balaban J connectivity index is 2.21. The van der Waals surface area contributed by atoms with Crippen LogP contribution < -0.4 is 14.8 Å². The van der Waals surface area contributed by atoms with Gasteiger partial charge in [-0.3, -0.25) is 4.79 Å². The molecule has 0 saturated carbocycles. The third-order valence-corrected chi connectivity index (χ3v) is 4.07. The highest BCUT2D eigenvalue weighted by Gasteiger charge is 2.18. The number of aryl methyl sites for hydroxylation is 2. The molecule has 0 radical (unpaired) electrons. The summed E-state index contributed by atoms with van der Waals surface area (Å²) in [6.07, 6.45) is 0. The van der Waals surface area contributed by atoms with Crippen LogP contribution >= 0.6 is 0 Å². The summed E-state index contributed by atoms with van der Waals surface area (Å²) in [6.45, 7) is 4.75. The van der Waals surface area contributed by atoms with Gasteiger partial charge >= 0.3 is 5.97 Å². The monoisotopic (exact) mass is 375 g/mol. The summed E-state index contributed by atoms with van der Waals surface area (Å²) in [5.41, 5.74) is 2.23. The Labute approximate surface area is 156 Å². The number of amides is 1. The van der Waals surface area contributed by atoms with E-state index in [1.165, 1.54) is 25.3 Å². The van der Waals surface area contributed by atoms with E-state index in [1.807, 2.05) is 0 Å². The molecule has 27 heavy (non-hydrogen) atoms. The van der Waals surface area contributed by atoms with Crippen LogP contribution in [0, 0.1) is 19.7 Å². The quantitative estimate of drug-likeness (QED) is 0.775. The van der Waals surface area contributed by atoms with Crippen LogP contribution in [0.2, 0.25) is 0 Å². The average Bonchev–Trinajstić information content (AvgIpc) is 2.60. The molecule has 0 bridgehead atoms. The maximum atomic E-state index is 13.6. The molecule has 0 aromatic heterocycles. The van der Waals surface area contributed by atoms with Crippen LogP contribution in [0.1, 0.15) is 40.0 Å². The number of carbonyl (C=O) groups excluding carboxylic acids is 1. The summed E-state index contributed by atoms with van der Waals surface area (Å²) in [6, 6.07) is 6.88. The van der Waals surface area contributed by atoms with Crippen LogP contribution in [-0.2, 0) is 4.79 Å². The van der Waals surface area contributed by atoms with Gasteiger partial charge in [-0.25, -0.2) is 9.18 Å². The van der Waals surface area contributed by atoms with E-state index >= 15 is 0 Å². The topological polar surface area (TPSA) is 84.9 Å². The molecule has 0 heterocycles. The first-order valence-electron chi connectivity index (χ1n) is 8.33. The minimum Gasteiger partial charge on any atom is -0.496 e. The highest BCUT2D eigenvalue weighted by Crippen LogP contribution is 2.28. The predicted octanol–water partition coefficient (Wildman–Crippen LogP) is 3.41. The number of hydrogen-bond donors (Lipinski definition) is 2. The number of carboxylic acid groups (broad SMARTS) is 1. The largest absolute Gasteiger partial charge is 0.496 e. The van der Waals surface area contributed by atoms with Crippen molar-refractivity contribution in [2.45, 2.75) is 26.8 Å². The van der Waals surface area contributed by atoms with E-state index in [9.17, 15) is 14.0 Å². The molecule has 2 aromatic rings. The number of methoxy groups -OCH3 is 1. The van der Waals surface area contributed by atoms with E-state index in [2.05, 4.69) is 5.32 Å². The molecule has 0 aliphatic heterocycles. The molecule has 7 heteroatoms. The summed E-state index contributed by atoms with van der Waals surface area (Å²) >= 11 is 0. The molecule has 2 N–H and O–H groups in total. The van der Waals surface area contributed by atoms with Crippen molar-refractivity contribution in [1.82, 2.24) is 5.32 Å². The molecule has 2 aromatic carbocycles. The van der Waals surface area contributed by atoms with Gasteiger partial charge in [0, 0.05) is 11.1 Å². The van der Waals surface area contributed by atoms with Gasteiger partial charge in [0.15, 0.2) is 6.61 Å². The summed E-state index contributed by atoms with van der Waals surface area (Å²) in [7, 11) is 1.48. The first-order chi connectivity index (χ1) is 12.7. The van der Waals surface area contributed by atoms with E-state index in [0.717, 1.165) is 0 Å². The number of carbonyl (C=O) groups is 2. The zero-order valence-electron chi connectivity index (χ0n) is 15.6. The number of nitrogens with one attached hydrogen (secondary N) is 1. The molecule has 1 amide bonds. The van der Waals surface area contributed by atoms with Crippen LogP contribution in [-0.4, -0.2) is 30.7 Å². The van der Waals surface area contributed by atoms with Crippen molar-refractivity contribution in [3.05, 3.63) is 58.4 Å². The lowest BCUT2D eigenvalue weighted by Crippen LogP contribution is -2.27. The lowest BCUT2D eigenvalue weighted by atomic mass is 10.0. The lowest BCUT2D eigenvalue weighted by Gasteiger charge is -2.18. The molecule has 1 atom stereocenters. The molecule has 0 spiro atoms. The first-order valence-corrected chi connectivity index (χ1v) is 8.33. The second kappa shape index (κ2) is 8.53. The second-order valence-electron chi connectivity index (χ2n) is 6.20. The molecule has 0 saturated heterocycles. The first kappa shape index (κ1) is 20.2. The number of halogens is 1. The van der Waals surface area contributed by atoms with Crippen molar-refractivity contribution in [3.8, 4) is 11.5 Å². The number of hydrogen-bond acceptors (Lipinski definition) is 4. The minimum atomic E-state index is -1.08. The number of benzene rings is 2. The Kier molecular flexibility index (Phi) is 6.39. The maximum absolute atomic E-state index is 13.6. The van der Waals surface area contributed by atoms with Gasteiger partial charge in [-0.15, -0.1) is 0 Å². The fraction of sp³-hybridized carbons (Fsp3) is 0.300. The molecular weight excluding hydrogens is 353 g/mol. The van der Waals surface area contributed by atoms with Crippen LogP contribution in [0.5, 0.6) is 11.5 Å². The number of aliphatic carboxylic acids is 1. The van der Waals surface area contributed by atoms with Gasteiger partial charge in [0.2, 0.25) is 0 Å². The highest BCUT2D eigenvalue weighted by molar-refractivity contribution is 5.95. The lowest BCUT2D eigenvalue weighted by molar-refractivity contribution is -0.139. The standard InChI is InChI=1S/C20H22FNO5/c1-11-7-14(8-12(2)19(11)27-10-18(23)24)20(25)22-13(3)16-9-15(21)5-6-17(16)26-4/h5-9,13H,10H2,1-4H3,(H,22,25)(H,23,24). The van der Waals surface area contributed by atoms with Gasteiger partial charge in [-0.05, 0) is 62.2 Å². The minimum absolute atomic E-state index is 0.343. The Bertz CT molecular complexity index is 842. The summed E-state index contributed by atoms with van der Waals surface area (Å²) in [5.74, 6) is -0.917. The third-order valence-electron chi connectivity index (χ3n) is 4.07. The van der Waals surface area contributed by atoms with Crippen LogP contribution in [0.3, 0.4) is 0 Å². The van der Waals surface area contributed by atoms with E-state index in [0.29, 0.717) is 33.8 Å². The zero-order valence-corrected chi connectivity index (χ0v) is 15.6. The normalized spacial score (nSPS) is 11.6. The molecule has 0 aliphatic carbocycles. The molecule has 0 fully saturated rings. The van der Waals surface area contributed by atoms with Crippen molar-refractivity contribution < 1.29 is 28.6 Å². The van der Waals surface area contributed by atoms with Crippen molar-refractivity contribution in [2.24, 2.45) is 0 Å². The highest BCUT2D eigenvalue weighted by atomic mass is 19.1. The van der Waals surface area contributed by atoms with E-state index < -0.39 is 24.4 Å². The molecular formula is C20H22FNO5. The molecule has 144 valence electrons. The van der Waals surface area contributed by atoms with Crippen molar-refractivity contribution in [3.63, 3.8) is 0 Å². The van der Waals surface area contributed by atoms with Crippen LogP contribution in [0.25, 0.3) is 0 Å². The van der Waals surface area contributed by atoms with Gasteiger partial charge in [0.05, 0.1) is 13.2 Å². The summed E-state index contributed by atoms with van der Waals surface area (Å²) in [5, 5.41) is 11.6. The molecule has 1 unspecified atom stereocenters. The molecule has 0 aliphatic rings. The summed E-state index contributed by atoms with van der Waals surface area (Å²) in [4.78, 5) is 23.3. The SMILES string of the molecule is COc1ccc(F)cc1C(C)NC(=O)c1cc(C)c(OCC(=O)O)c(C)c1. The number of carboxylic acids is 1. The fourth-order valence-corrected chi connectivity index (χ4v) is 2.84. The van der Waals surface area contributed by atoms with Gasteiger partial charge < -0.3 is 19.9 Å². The smallest absolute Gasteiger partial charge is 0.341 e. The van der Waals surface area contributed by atoms with Gasteiger partial charge in [0.1, 0.15) is 17.3 Å². The van der Waals surface area contributed by atoms with Gasteiger partial charge in [0.25, 0.3) is 5.91 Å². The van der Waals surface area contributed by atoms with E-state index in [4.69, 9.17) is 14.6 Å². The zero-order chi connectivity index (χ0) is 20.1. The Hall–Kier alpha value is -3.09. The van der Waals surface area contributed by atoms with Gasteiger partial charge in [-0.1, -0.05) is 0 Å². The number of ether oxygens (including phenoxy) is 2. The van der Waals surface area contributed by atoms with E-state index in [1.54, 1.807) is 32.9 Å². The van der Waals surface area contributed by atoms with Crippen molar-refractivity contribution >= 4 is 11.9 Å². The fourth-order valence-electron chi connectivity index (χ4n) is 2.84. The van der Waals surface area contributed by atoms with Crippen molar-refractivity contribution in [2.75, 3.05) is 13.7 Å². The van der Waals surface area contributed by atoms with E-state index in [-0.39, 0.29) is 5.91 Å². The Morgan fingerprint density at radius 3 is 2.37 bits per heavy atom. The average molecular weight is 375 g/mol. The maximum Gasteiger partial charge on any atom is 0.341 e. The van der Waals surface area contributed by atoms with Crippen LogP contribution in [0.4, 0.5) is 4.39 Å². The number of rotatable bonds is 7. The van der Waals surface area contributed by atoms with Crippen molar-refractivity contribution in [1.29, 1.82) is 0 Å². The predicted molar refractivity (Wildman–Crippen MR) is 97.9 cm³/mol. The molecule has 2 rings (SSSR count). The third kappa shape index (κ3) is 4.97. The second-order valence-corrected chi connectivity index (χ2v) is 6.20. The summed E-state index contributed by atoms with van der Waals surface area (Å²) < 4.78 is 24.1. The van der Waals surface area contributed by atoms with Crippen LogP contribution in [0.15, 0.2) is 30.3 Å². The van der Waals surface area contributed by atoms with Gasteiger partial charge in [-0.2, -0.15) is 0 Å². The molecule has 6 nitrogen and oxygen atoms in total. The Morgan fingerprint density at radius 1 is 1.19 bits per heavy atom.